The minimum Gasteiger partial charge on any atom is -0.310 e. The van der Waals surface area contributed by atoms with Crippen LogP contribution in [0.1, 0.15) is 29.5 Å². The number of aryl methyl sites for hydroxylation is 1. The number of thioether (sulfide) groups is 1. The van der Waals surface area contributed by atoms with Gasteiger partial charge in [-0.3, -0.25) is 0 Å². The van der Waals surface area contributed by atoms with Gasteiger partial charge in [0.05, 0.1) is 0 Å². The third kappa shape index (κ3) is 4.50. The highest BCUT2D eigenvalue weighted by atomic mass is 35.5. The van der Waals surface area contributed by atoms with Gasteiger partial charge < -0.3 is 5.32 Å². The smallest absolute Gasteiger partial charge is 0.0410 e. The Morgan fingerprint density at radius 3 is 2.81 bits per heavy atom. The molecule has 2 aromatic rings. The van der Waals surface area contributed by atoms with Gasteiger partial charge in [0.1, 0.15) is 0 Å². The Kier molecular flexibility index (Phi) is 4.89. The van der Waals surface area contributed by atoms with E-state index in [1.807, 2.05) is 17.8 Å². The van der Waals surface area contributed by atoms with Crippen LogP contribution in [0, 0.1) is 6.92 Å². The minimum atomic E-state index is 0.721. The number of hydrogen-bond donors (Lipinski definition) is 1. The lowest BCUT2D eigenvalue weighted by molar-refractivity contribution is 0.680. The molecule has 110 valence electrons. The highest BCUT2D eigenvalue weighted by Gasteiger charge is 2.20. The molecule has 21 heavy (non-hydrogen) atoms. The summed E-state index contributed by atoms with van der Waals surface area (Å²) < 4.78 is 0. The molecule has 0 aromatic heterocycles. The average Bonchev–Trinajstić information content (AvgIpc) is 3.28. The first kappa shape index (κ1) is 15.0. The predicted octanol–water partition coefficient (Wildman–Crippen LogP) is 5.19. The van der Waals surface area contributed by atoms with Crippen molar-refractivity contribution in [1.82, 2.24) is 5.32 Å². The van der Waals surface area contributed by atoms with Gasteiger partial charge in [0.15, 0.2) is 0 Å². The lowest BCUT2D eigenvalue weighted by Gasteiger charge is -2.11. The molecule has 0 heterocycles. The summed E-state index contributed by atoms with van der Waals surface area (Å²) in [6.07, 6.45) is 2.62. The van der Waals surface area contributed by atoms with Crippen LogP contribution >= 0.6 is 23.4 Å². The fourth-order valence-corrected chi connectivity index (χ4v) is 3.51. The molecule has 0 amide bonds. The fraction of sp³-hybridized carbons (Fsp3) is 0.333. The van der Waals surface area contributed by atoms with E-state index in [1.54, 1.807) is 0 Å². The van der Waals surface area contributed by atoms with Crippen LogP contribution in [-0.4, -0.2) is 6.04 Å². The molecular formula is C18H20ClNS. The zero-order valence-electron chi connectivity index (χ0n) is 12.2. The summed E-state index contributed by atoms with van der Waals surface area (Å²) in [6, 6.07) is 15.7. The van der Waals surface area contributed by atoms with Gasteiger partial charge in [-0.05, 0) is 49.1 Å². The SMILES string of the molecule is Cc1cccc(CSc2ccc(Cl)cc2CNC2CC2)c1. The Morgan fingerprint density at radius 1 is 1.19 bits per heavy atom. The summed E-state index contributed by atoms with van der Waals surface area (Å²) in [5.41, 5.74) is 4.00. The molecular weight excluding hydrogens is 298 g/mol. The largest absolute Gasteiger partial charge is 0.310 e. The molecule has 1 fully saturated rings. The zero-order valence-corrected chi connectivity index (χ0v) is 13.8. The van der Waals surface area contributed by atoms with E-state index in [9.17, 15) is 0 Å². The molecule has 1 N–H and O–H groups in total. The molecule has 3 heteroatoms. The Balaban J connectivity index is 1.68. The van der Waals surface area contributed by atoms with E-state index in [2.05, 4.69) is 48.6 Å². The van der Waals surface area contributed by atoms with E-state index in [-0.39, 0.29) is 0 Å². The van der Waals surface area contributed by atoms with E-state index in [4.69, 9.17) is 11.6 Å². The van der Waals surface area contributed by atoms with Gasteiger partial charge in [-0.2, -0.15) is 0 Å². The van der Waals surface area contributed by atoms with E-state index in [0.29, 0.717) is 0 Å². The topological polar surface area (TPSA) is 12.0 Å². The number of halogens is 1. The molecule has 0 atom stereocenters. The van der Waals surface area contributed by atoms with Gasteiger partial charge in [-0.15, -0.1) is 11.8 Å². The van der Waals surface area contributed by atoms with Crippen LogP contribution in [-0.2, 0) is 12.3 Å². The lowest BCUT2D eigenvalue weighted by Crippen LogP contribution is -2.15. The molecule has 0 saturated heterocycles. The second-order valence-corrected chi connectivity index (χ2v) is 7.14. The van der Waals surface area contributed by atoms with Crippen molar-refractivity contribution >= 4 is 23.4 Å². The molecule has 0 bridgehead atoms. The maximum Gasteiger partial charge on any atom is 0.0410 e. The molecule has 1 aliphatic carbocycles. The molecule has 1 saturated carbocycles. The Hall–Kier alpha value is -0.960. The summed E-state index contributed by atoms with van der Waals surface area (Å²) in [5, 5.41) is 4.40. The van der Waals surface area contributed by atoms with Crippen LogP contribution in [0.25, 0.3) is 0 Å². The van der Waals surface area contributed by atoms with E-state index in [1.165, 1.54) is 34.4 Å². The van der Waals surface area contributed by atoms with Crippen LogP contribution in [0.5, 0.6) is 0 Å². The monoisotopic (exact) mass is 317 g/mol. The standard InChI is InChI=1S/C18H20ClNS/c1-13-3-2-4-14(9-13)12-21-18-8-5-16(19)10-15(18)11-20-17-6-7-17/h2-5,8-10,17,20H,6-7,11-12H2,1H3. The van der Waals surface area contributed by atoms with E-state index >= 15 is 0 Å². The van der Waals surface area contributed by atoms with E-state index < -0.39 is 0 Å². The molecule has 0 radical (unpaired) electrons. The molecule has 1 nitrogen and oxygen atoms in total. The number of rotatable bonds is 6. The van der Waals surface area contributed by atoms with Gasteiger partial charge >= 0.3 is 0 Å². The predicted molar refractivity (Wildman–Crippen MR) is 92.1 cm³/mol. The van der Waals surface area contributed by atoms with Crippen LogP contribution in [0.3, 0.4) is 0 Å². The first-order chi connectivity index (χ1) is 10.2. The highest BCUT2D eigenvalue weighted by molar-refractivity contribution is 7.98. The van der Waals surface area contributed by atoms with Crippen LogP contribution in [0.4, 0.5) is 0 Å². The van der Waals surface area contributed by atoms with Gasteiger partial charge in [0.25, 0.3) is 0 Å². The summed E-state index contributed by atoms with van der Waals surface area (Å²) in [6.45, 7) is 3.06. The quantitative estimate of drug-likeness (QED) is 0.736. The first-order valence-electron chi connectivity index (χ1n) is 7.41. The van der Waals surface area contributed by atoms with Crippen LogP contribution < -0.4 is 5.32 Å². The number of nitrogens with one attached hydrogen (secondary N) is 1. The molecule has 2 aromatic carbocycles. The molecule has 3 rings (SSSR count). The van der Waals surface area contributed by atoms with Crippen molar-refractivity contribution in [2.45, 2.75) is 43.0 Å². The highest BCUT2D eigenvalue weighted by Crippen LogP contribution is 2.29. The average molecular weight is 318 g/mol. The summed E-state index contributed by atoms with van der Waals surface area (Å²) in [7, 11) is 0. The van der Waals surface area contributed by atoms with Crippen molar-refractivity contribution < 1.29 is 0 Å². The first-order valence-corrected chi connectivity index (χ1v) is 8.77. The normalized spacial score (nSPS) is 14.4. The van der Waals surface area contributed by atoms with Crippen molar-refractivity contribution in [3.63, 3.8) is 0 Å². The molecule has 0 unspecified atom stereocenters. The Morgan fingerprint density at radius 2 is 2.05 bits per heavy atom. The lowest BCUT2D eigenvalue weighted by atomic mass is 10.2. The van der Waals surface area contributed by atoms with E-state index in [0.717, 1.165) is 23.4 Å². The summed E-state index contributed by atoms with van der Waals surface area (Å²) in [4.78, 5) is 1.33. The maximum absolute atomic E-state index is 6.15. The fourth-order valence-electron chi connectivity index (χ4n) is 2.33. The molecule has 0 aliphatic heterocycles. The van der Waals surface area contributed by atoms with Crippen LogP contribution in [0.15, 0.2) is 47.4 Å². The number of benzene rings is 2. The minimum absolute atomic E-state index is 0.721. The van der Waals surface area contributed by atoms with Crippen molar-refractivity contribution in [1.29, 1.82) is 0 Å². The van der Waals surface area contributed by atoms with Gasteiger partial charge in [0, 0.05) is 28.3 Å². The van der Waals surface area contributed by atoms with Gasteiger partial charge in [-0.25, -0.2) is 0 Å². The van der Waals surface area contributed by atoms with Crippen molar-refractivity contribution in [2.75, 3.05) is 0 Å². The third-order valence-corrected chi connectivity index (χ3v) is 5.08. The zero-order chi connectivity index (χ0) is 14.7. The molecule has 0 spiro atoms. The second-order valence-electron chi connectivity index (χ2n) is 5.68. The van der Waals surface area contributed by atoms with Crippen molar-refractivity contribution in [3.8, 4) is 0 Å². The third-order valence-electron chi connectivity index (χ3n) is 3.66. The summed E-state index contributed by atoms with van der Waals surface area (Å²) in [5.74, 6) is 1.000. The van der Waals surface area contributed by atoms with Crippen molar-refractivity contribution in [2.24, 2.45) is 0 Å². The molecule has 1 aliphatic rings. The van der Waals surface area contributed by atoms with Gasteiger partial charge in [0.2, 0.25) is 0 Å². The van der Waals surface area contributed by atoms with Crippen molar-refractivity contribution in [3.05, 3.63) is 64.2 Å². The number of hydrogen-bond acceptors (Lipinski definition) is 2. The Bertz CT molecular complexity index is 622. The van der Waals surface area contributed by atoms with Crippen LogP contribution in [0.2, 0.25) is 5.02 Å². The second kappa shape index (κ2) is 6.87. The van der Waals surface area contributed by atoms with Gasteiger partial charge in [-0.1, -0.05) is 41.4 Å². The maximum atomic E-state index is 6.15. The summed E-state index contributed by atoms with van der Waals surface area (Å²) >= 11 is 8.04. The Labute approximate surface area is 136 Å².